The molecule has 0 bridgehead atoms. The van der Waals surface area contributed by atoms with Crippen LogP contribution in [0.2, 0.25) is 0 Å². The van der Waals surface area contributed by atoms with Gasteiger partial charge in [0.25, 0.3) is 5.56 Å². The first-order valence-corrected chi connectivity index (χ1v) is 6.88. The number of nitrogens with zero attached hydrogens (tertiary/aromatic N) is 2. The Bertz CT molecular complexity index is 854. The van der Waals surface area contributed by atoms with Crippen LogP contribution in [0.15, 0.2) is 29.1 Å². The van der Waals surface area contributed by atoms with Gasteiger partial charge in [-0.15, -0.1) is 0 Å². The molecule has 0 atom stereocenters. The van der Waals surface area contributed by atoms with Crippen LogP contribution >= 0.6 is 0 Å². The summed E-state index contributed by atoms with van der Waals surface area (Å²) in [4.78, 5) is 12.4. The SMILES string of the molecule is C=c1c(C)c(C#N)c(=O)n(-c2ccccc2C)c1=C.CC. The predicted molar refractivity (Wildman–Crippen MR) is 87.9 cm³/mol. The molecule has 1 aromatic heterocycles. The highest BCUT2D eigenvalue weighted by Gasteiger charge is 2.12. The van der Waals surface area contributed by atoms with E-state index in [9.17, 15) is 4.79 Å². The van der Waals surface area contributed by atoms with Crippen molar-refractivity contribution in [2.24, 2.45) is 0 Å². The fraction of sp³-hybridized carbons (Fsp3) is 0.222. The van der Waals surface area contributed by atoms with Crippen molar-refractivity contribution in [3.05, 3.63) is 61.9 Å². The first-order chi connectivity index (χ1) is 9.99. The lowest BCUT2D eigenvalue weighted by molar-refractivity contribution is 0.914. The molecule has 0 unspecified atom stereocenters. The van der Waals surface area contributed by atoms with Gasteiger partial charge >= 0.3 is 0 Å². The zero-order valence-corrected chi connectivity index (χ0v) is 13.0. The summed E-state index contributed by atoms with van der Waals surface area (Å²) in [5, 5.41) is 10.3. The van der Waals surface area contributed by atoms with Crippen LogP contribution in [0.3, 0.4) is 0 Å². The molecule has 0 radical (unpaired) electrons. The van der Waals surface area contributed by atoms with Crippen molar-refractivity contribution in [2.75, 3.05) is 0 Å². The lowest BCUT2D eigenvalue weighted by atomic mass is 10.1. The minimum Gasteiger partial charge on any atom is -0.276 e. The summed E-state index contributed by atoms with van der Waals surface area (Å²) < 4.78 is 1.46. The molecule has 0 aliphatic heterocycles. The molecule has 21 heavy (non-hydrogen) atoms. The first kappa shape index (κ1) is 16.5. The van der Waals surface area contributed by atoms with Gasteiger partial charge in [0.1, 0.15) is 11.6 Å². The Morgan fingerprint density at radius 3 is 2.24 bits per heavy atom. The zero-order chi connectivity index (χ0) is 16.2. The van der Waals surface area contributed by atoms with Crippen LogP contribution in [0.4, 0.5) is 0 Å². The van der Waals surface area contributed by atoms with Gasteiger partial charge in [0.15, 0.2) is 0 Å². The van der Waals surface area contributed by atoms with E-state index in [0.29, 0.717) is 16.1 Å². The average Bonchev–Trinajstić information content (AvgIpc) is 2.50. The van der Waals surface area contributed by atoms with Crippen molar-refractivity contribution in [2.45, 2.75) is 27.7 Å². The van der Waals surface area contributed by atoms with Crippen LogP contribution in [0.5, 0.6) is 0 Å². The highest BCUT2D eigenvalue weighted by Crippen LogP contribution is 2.09. The summed E-state index contributed by atoms with van der Waals surface area (Å²) in [5.41, 5.74) is 2.07. The molecule has 0 aliphatic rings. The van der Waals surface area contributed by atoms with Crippen LogP contribution in [-0.4, -0.2) is 4.57 Å². The molecule has 3 nitrogen and oxygen atoms in total. The van der Waals surface area contributed by atoms with E-state index in [4.69, 9.17) is 5.26 Å². The fourth-order valence-electron chi connectivity index (χ4n) is 2.10. The molecule has 0 saturated carbocycles. The summed E-state index contributed by atoms with van der Waals surface area (Å²) >= 11 is 0. The van der Waals surface area contributed by atoms with Gasteiger partial charge in [-0.25, -0.2) is 0 Å². The van der Waals surface area contributed by atoms with Crippen molar-refractivity contribution >= 4 is 13.2 Å². The summed E-state index contributed by atoms with van der Waals surface area (Å²) in [7, 11) is 0. The third kappa shape index (κ3) is 2.80. The van der Waals surface area contributed by atoms with Gasteiger partial charge in [-0.2, -0.15) is 5.26 Å². The van der Waals surface area contributed by atoms with Gasteiger partial charge in [0.2, 0.25) is 0 Å². The third-order valence-electron chi connectivity index (χ3n) is 3.33. The molecule has 0 aliphatic carbocycles. The van der Waals surface area contributed by atoms with E-state index in [1.54, 1.807) is 6.92 Å². The van der Waals surface area contributed by atoms with E-state index in [-0.39, 0.29) is 11.1 Å². The van der Waals surface area contributed by atoms with Crippen LogP contribution in [0.25, 0.3) is 18.8 Å². The van der Waals surface area contributed by atoms with Gasteiger partial charge in [-0.1, -0.05) is 45.2 Å². The van der Waals surface area contributed by atoms with Crippen molar-refractivity contribution in [1.29, 1.82) is 5.26 Å². The molecule has 108 valence electrons. The molecule has 2 aromatic rings. The lowest BCUT2D eigenvalue weighted by Crippen LogP contribution is -2.44. The highest BCUT2D eigenvalue weighted by molar-refractivity contribution is 5.45. The van der Waals surface area contributed by atoms with Crippen molar-refractivity contribution in [3.63, 3.8) is 0 Å². The van der Waals surface area contributed by atoms with Crippen LogP contribution in [0, 0.1) is 25.2 Å². The van der Waals surface area contributed by atoms with Crippen LogP contribution < -0.4 is 16.1 Å². The standard InChI is InChI=1S/C16H14N2O.C2H6/c1-10-7-5-6-8-15(10)18-13(4)11(2)12(3)14(9-17)16(18)19;1-2/h5-8H,2,4H2,1,3H3;1-2H3. The topological polar surface area (TPSA) is 45.8 Å². The van der Waals surface area contributed by atoms with E-state index in [2.05, 4.69) is 13.2 Å². The molecule has 1 aromatic carbocycles. The Labute approximate surface area is 125 Å². The summed E-state index contributed by atoms with van der Waals surface area (Å²) in [6.45, 7) is 15.5. The minimum absolute atomic E-state index is 0.126. The largest absolute Gasteiger partial charge is 0.276 e. The maximum Gasteiger partial charge on any atom is 0.273 e. The summed E-state index contributed by atoms with van der Waals surface area (Å²) in [6.07, 6.45) is 0. The highest BCUT2D eigenvalue weighted by atomic mass is 16.1. The Morgan fingerprint density at radius 1 is 1.14 bits per heavy atom. The molecular weight excluding hydrogens is 260 g/mol. The quantitative estimate of drug-likeness (QED) is 0.803. The monoisotopic (exact) mass is 280 g/mol. The first-order valence-electron chi connectivity index (χ1n) is 6.88. The number of para-hydroxylation sites is 1. The summed E-state index contributed by atoms with van der Waals surface area (Å²) in [6, 6.07) is 9.46. The van der Waals surface area contributed by atoms with Gasteiger partial charge in [0.05, 0.1) is 5.69 Å². The van der Waals surface area contributed by atoms with E-state index in [1.165, 1.54) is 4.57 Å². The Morgan fingerprint density at radius 2 is 1.71 bits per heavy atom. The predicted octanol–water partition coefficient (Wildman–Crippen LogP) is 2.17. The van der Waals surface area contributed by atoms with Gasteiger partial charge < -0.3 is 0 Å². The van der Waals surface area contributed by atoms with Crippen molar-refractivity contribution in [1.82, 2.24) is 4.57 Å². The Balaban J connectivity index is 0.00000106. The molecule has 0 saturated heterocycles. The lowest BCUT2D eigenvalue weighted by Gasteiger charge is -2.12. The van der Waals surface area contributed by atoms with E-state index in [1.807, 2.05) is 51.1 Å². The summed E-state index contributed by atoms with van der Waals surface area (Å²) in [5.74, 6) is 0. The molecule has 1 heterocycles. The van der Waals surface area contributed by atoms with E-state index < -0.39 is 0 Å². The van der Waals surface area contributed by atoms with E-state index in [0.717, 1.165) is 11.3 Å². The van der Waals surface area contributed by atoms with Crippen LogP contribution in [0.1, 0.15) is 30.5 Å². The van der Waals surface area contributed by atoms with Gasteiger partial charge in [-0.05, 0) is 36.3 Å². The second-order valence-electron chi connectivity index (χ2n) is 4.46. The number of aromatic nitrogens is 1. The number of nitriles is 1. The molecule has 3 heteroatoms. The maximum absolute atomic E-state index is 12.4. The van der Waals surface area contributed by atoms with E-state index >= 15 is 0 Å². The molecule has 0 fully saturated rings. The van der Waals surface area contributed by atoms with Crippen molar-refractivity contribution in [3.8, 4) is 11.8 Å². The van der Waals surface area contributed by atoms with Gasteiger partial charge in [0, 0.05) is 5.35 Å². The Hall–Kier alpha value is -2.60. The smallest absolute Gasteiger partial charge is 0.273 e. The fourth-order valence-corrected chi connectivity index (χ4v) is 2.10. The molecule has 0 spiro atoms. The van der Waals surface area contributed by atoms with Crippen LogP contribution in [-0.2, 0) is 0 Å². The maximum atomic E-state index is 12.4. The van der Waals surface area contributed by atoms with Crippen molar-refractivity contribution < 1.29 is 0 Å². The Kier molecular flexibility index (Phi) is 5.26. The average molecular weight is 280 g/mol. The number of rotatable bonds is 1. The number of hydrogen-bond acceptors (Lipinski definition) is 2. The number of pyridine rings is 1. The zero-order valence-electron chi connectivity index (χ0n) is 13.0. The molecule has 2 rings (SSSR count). The number of aryl methyl sites for hydroxylation is 1. The van der Waals surface area contributed by atoms with Gasteiger partial charge in [-0.3, -0.25) is 9.36 Å². The second-order valence-corrected chi connectivity index (χ2v) is 4.46. The molecule has 0 amide bonds. The second kappa shape index (κ2) is 6.71. The normalized spacial score (nSPS) is 9.48. The molecular formula is C18H20N2O. The third-order valence-corrected chi connectivity index (χ3v) is 3.33. The number of benzene rings is 1. The minimum atomic E-state index is -0.341. The molecule has 0 N–H and O–H groups in total. The number of hydrogen-bond donors (Lipinski definition) is 0.